The molecular formula is C24H27NO6. The van der Waals surface area contributed by atoms with Crippen LogP contribution in [-0.4, -0.2) is 38.1 Å². The third-order valence-electron chi connectivity index (χ3n) is 7.42. The van der Waals surface area contributed by atoms with Gasteiger partial charge in [0, 0.05) is 17.1 Å². The van der Waals surface area contributed by atoms with Crippen LogP contribution in [0.1, 0.15) is 55.5 Å². The number of aromatic hydroxyl groups is 1. The Labute approximate surface area is 179 Å². The highest BCUT2D eigenvalue weighted by molar-refractivity contribution is 6.02. The highest BCUT2D eigenvalue weighted by Crippen LogP contribution is 2.47. The van der Waals surface area contributed by atoms with Crippen LogP contribution in [0.4, 0.5) is 0 Å². The van der Waals surface area contributed by atoms with Crippen molar-refractivity contribution in [1.29, 1.82) is 0 Å². The number of carbonyl (C=O) groups excluding carboxylic acids is 1. The number of rotatable bonds is 3. The molecule has 1 fully saturated rings. The fourth-order valence-corrected chi connectivity index (χ4v) is 5.67. The van der Waals surface area contributed by atoms with Crippen molar-refractivity contribution in [1.82, 2.24) is 4.73 Å². The molecule has 0 spiro atoms. The number of allylic oxidation sites excluding steroid dienone is 5. The molecule has 2 heterocycles. The number of aliphatic hydroxyl groups is 1. The summed E-state index contributed by atoms with van der Waals surface area (Å²) in [5.74, 6) is -1.26. The second kappa shape index (κ2) is 7.12. The van der Waals surface area contributed by atoms with E-state index in [4.69, 9.17) is 4.74 Å². The number of pyridine rings is 1. The number of aliphatic hydroxyl groups excluding tert-OH is 1. The molecule has 2 unspecified atom stereocenters. The molecule has 31 heavy (non-hydrogen) atoms. The first-order chi connectivity index (χ1) is 14.8. The molecule has 0 amide bonds. The largest absolute Gasteiger partial charge is 0.509 e. The van der Waals surface area contributed by atoms with Gasteiger partial charge in [-0.3, -0.25) is 9.59 Å². The summed E-state index contributed by atoms with van der Waals surface area (Å²) >= 11 is 0. The van der Waals surface area contributed by atoms with Crippen LogP contribution < -0.4 is 5.56 Å². The van der Waals surface area contributed by atoms with E-state index in [9.17, 15) is 25.0 Å². The minimum Gasteiger partial charge on any atom is -0.509 e. The number of carbonyl (C=O) groups is 1. The summed E-state index contributed by atoms with van der Waals surface area (Å²) in [6.07, 6.45) is 9.64. The first-order valence-electron chi connectivity index (χ1n) is 10.9. The zero-order valence-corrected chi connectivity index (χ0v) is 17.6. The smallest absolute Gasteiger partial charge is 0.297 e. The van der Waals surface area contributed by atoms with E-state index < -0.39 is 34.7 Å². The SMILES string of the molecule is CC1=CC[C@@H]2[C@@H](C(=O)c3c(O)c(C4=C(O)C5OC5CC4)cn(O)c3=O)[C@@H](C)C=C[C@H]2C1. The summed E-state index contributed by atoms with van der Waals surface area (Å²) < 4.78 is 5.73. The molecule has 1 aromatic heterocycles. The van der Waals surface area contributed by atoms with Gasteiger partial charge < -0.3 is 20.2 Å². The van der Waals surface area contributed by atoms with Gasteiger partial charge in [0.2, 0.25) is 0 Å². The van der Waals surface area contributed by atoms with Crippen LogP contribution in [0.25, 0.3) is 5.57 Å². The van der Waals surface area contributed by atoms with Crippen molar-refractivity contribution in [3.05, 3.63) is 57.2 Å². The predicted molar refractivity (Wildman–Crippen MR) is 113 cm³/mol. The summed E-state index contributed by atoms with van der Waals surface area (Å²) in [6.45, 7) is 4.02. The number of hydrogen-bond acceptors (Lipinski definition) is 6. The van der Waals surface area contributed by atoms with Gasteiger partial charge in [-0.2, -0.15) is 4.73 Å². The number of hydrogen-bond donors (Lipinski definition) is 3. The van der Waals surface area contributed by atoms with E-state index in [0.717, 1.165) is 19.0 Å². The van der Waals surface area contributed by atoms with Crippen LogP contribution in [0.2, 0.25) is 0 Å². The average Bonchev–Trinajstić information content (AvgIpc) is 3.52. The zero-order valence-electron chi connectivity index (χ0n) is 17.6. The van der Waals surface area contributed by atoms with E-state index in [0.29, 0.717) is 23.1 Å². The maximum Gasteiger partial charge on any atom is 0.297 e. The van der Waals surface area contributed by atoms with Gasteiger partial charge >= 0.3 is 0 Å². The average molecular weight is 425 g/mol. The minimum atomic E-state index is -0.941. The van der Waals surface area contributed by atoms with Gasteiger partial charge in [0.25, 0.3) is 5.56 Å². The van der Waals surface area contributed by atoms with Crippen molar-refractivity contribution in [2.75, 3.05) is 0 Å². The van der Waals surface area contributed by atoms with Crippen LogP contribution in [0, 0.1) is 23.7 Å². The number of nitrogens with zero attached hydrogens (tertiary/aromatic N) is 1. The van der Waals surface area contributed by atoms with Gasteiger partial charge in [-0.1, -0.05) is 30.7 Å². The number of Topliss-reactive ketones (excluding diaryl/α,β-unsaturated/α-hetero) is 1. The van der Waals surface area contributed by atoms with E-state index >= 15 is 0 Å². The van der Waals surface area contributed by atoms with Crippen molar-refractivity contribution in [2.24, 2.45) is 23.7 Å². The summed E-state index contributed by atoms with van der Waals surface area (Å²) in [7, 11) is 0. The van der Waals surface area contributed by atoms with Crippen molar-refractivity contribution >= 4 is 11.4 Å². The molecule has 3 aliphatic carbocycles. The number of epoxide rings is 1. The Balaban J connectivity index is 1.59. The number of ether oxygens (including phenoxy) is 1. The molecule has 4 aliphatic rings. The summed E-state index contributed by atoms with van der Waals surface area (Å²) in [6, 6.07) is 0. The molecule has 0 radical (unpaired) electrons. The minimum absolute atomic E-state index is 0.00878. The third kappa shape index (κ3) is 3.14. The van der Waals surface area contributed by atoms with Gasteiger partial charge in [0.1, 0.15) is 23.2 Å². The fourth-order valence-electron chi connectivity index (χ4n) is 5.67. The highest BCUT2D eigenvalue weighted by atomic mass is 16.6. The summed E-state index contributed by atoms with van der Waals surface area (Å²) in [5.41, 5.74) is 0.444. The first kappa shape index (κ1) is 20.1. The van der Waals surface area contributed by atoms with Crippen LogP contribution in [0.3, 0.4) is 0 Å². The molecular weight excluding hydrogens is 398 g/mol. The van der Waals surface area contributed by atoms with Gasteiger partial charge in [0.05, 0.1) is 12.3 Å². The monoisotopic (exact) mass is 425 g/mol. The quantitative estimate of drug-likeness (QED) is 0.295. The second-order valence-corrected chi connectivity index (χ2v) is 9.37. The summed E-state index contributed by atoms with van der Waals surface area (Å²) in [4.78, 5) is 26.5. The molecule has 1 aromatic rings. The number of ketones is 1. The van der Waals surface area contributed by atoms with E-state index in [1.807, 2.05) is 13.0 Å². The maximum absolute atomic E-state index is 13.7. The highest BCUT2D eigenvalue weighted by Gasteiger charge is 2.47. The normalized spacial score (nSPS) is 34.1. The Morgan fingerprint density at radius 3 is 2.81 bits per heavy atom. The molecule has 1 aliphatic heterocycles. The molecule has 0 bridgehead atoms. The van der Waals surface area contributed by atoms with Gasteiger partial charge in [0.15, 0.2) is 5.78 Å². The molecule has 0 saturated carbocycles. The second-order valence-electron chi connectivity index (χ2n) is 9.37. The van der Waals surface area contributed by atoms with Crippen LogP contribution in [0.15, 0.2) is 40.6 Å². The molecule has 5 rings (SSSR count). The molecule has 6 atom stereocenters. The molecule has 0 aromatic carbocycles. The summed E-state index contributed by atoms with van der Waals surface area (Å²) in [5, 5.41) is 31.8. The lowest BCUT2D eigenvalue weighted by molar-refractivity contribution is 0.0766. The van der Waals surface area contributed by atoms with Crippen LogP contribution in [0.5, 0.6) is 5.75 Å². The lowest BCUT2D eigenvalue weighted by Gasteiger charge is -2.39. The van der Waals surface area contributed by atoms with Crippen LogP contribution >= 0.6 is 0 Å². The van der Waals surface area contributed by atoms with E-state index in [1.165, 1.54) is 5.57 Å². The lowest BCUT2D eigenvalue weighted by atomic mass is 9.63. The first-order valence-corrected chi connectivity index (χ1v) is 10.9. The predicted octanol–water partition coefficient (Wildman–Crippen LogP) is 3.60. The Morgan fingerprint density at radius 1 is 1.26 bits per heavy atom. The van der Waals surface area contributed by atoms with E-state index in [2.05, 4.69) is 19.1 Å². The molecule has 7 heteroatoms. The lowest BCUT2D eigenvalue weighted by Crippen LogP contribution is -2.40. The van der Waals surface area contributed by atoms with Gasteiger partial charge in [-0.25, -0.2) is 0 Å². The third-order valence-corrected chi connectivity index (χ3v) is 7.42. The maximum atomic E-state index is 13.7. The van der Waals surface area contributed by atoms with Crippen LogP contribution in [-0.2, 0) is 4.74 Å². The number of aromatic nitrogens is 1. The van der Waals surface area contributed by atoms with E-state index in [-0.39, 0.29) is 35.2 Å². The molecule has 1 saturated heterocycles. The topological polar surface area (TPSA) is 112 Å². The molecule has 3 N–H and O–H groups in total. The standard InChI is InChI=1S/C24H27NO6/c1-11-3-6-14-13(9-11)5-4-12(2)18(14)22(28)19-20(26)16(10-25(30)24(19)29)15-7-8-17-23(31-17)21(15)27/h3-5,10,12-14,17-18,23,26-27,30H,6-9H2,1-2H3/t12-,13-,14-,17?,18-,23?/m0/s1. The Hall–Kier alpha value is -2.80. The number of fused-ring (bicyclic) bond motifs is 2. The zero-order chi connectivity index (χ0) is 22.0. The van der Waals surface area contributed by atoms with Crippen molar-refractivity contribution in [2.45, 2.75) is 51.7 Å². The van der Waals surface area contributed by atoms with Crippen molar-refractivity contribution in [3.63, 3.8) is 0 Å². The molecule has 164 valence electrons. The van der Waals surface area contributed by atoms with Gasteiger partial charge in [-0.05, 0) is 50.4 Å². The van der Waals surface area contributed by atoms with Crippen molar-refractivity contribution in [3.8, 4) is 5.75 Å². The fraction of sp³-hybridized carbons (Fsp3) is 0.500. The van der Waals surface area contributed by atoms with Crippen molar-refractivity contribution < 1.29 is 25.0 Å². The Bertz CT molecular complexity index is 1110. The van der Waals surface area contributed by atoms with Gasteiger partial charge in [-0.15, -0.1) is 0 Å². The van der Waals surface area contributed by atoms with E-state index in [1.54, 1.807) is 0 Å². The Morgan fingerprint density at radius 2 is 2.03 bits per heavy atom. The molecule has 7 nitrogen and oxygen atoms in total. The Kier molecular flexibility index (Phi) is 4.62.